The van der Waals surface area contributed by atoms with Crippen LogP contribution >= 0.6 is 0 Å². The highest BCUT2D eigenvalue weighted by molar-refractivity contribution is 5.95. The van der Waals surface area contributed by atoms with Crippen LogP contribution in [0, 0.1) is 0 Å². The maximum atomic E-state index is 12.4. The maximum Gasteiger partial charge on any atom is 0.254 e. The number of aromatic nitrogens is 1. The van der Waals surface area contributed by atoms with Crippen molar-refractivity contribution in [1.82, 2.24) is 9.88 Å². The lowest BCUT2D eigenvalue weighted by molar-refractivity contribution is -0.0447. The summed E-state index contributed by atoms with van der Waals surface area (Å²) in [5.41, 5.74) is 7.05. The highest BCUT2D eigenvalue weighted by Crippen LogP contribution is 2.14. The molecular weight excluding hydrogens is 246 g/mol. The summed E-state index contributed by atoms with van der Waals surface area (Å²) in [6, 6.07) is 3.35. The molecule has 6 nitrogen and oxygen atoms in total. The van der Waals surface area contributed by atoms with Gasteiger partial charge in [0.1, 0.15) is 5.82 Å². The van der Waals surface area contributed by atoms with Crippen LogP contribution in [0.25, 0.3) is 0 Å². The highest BCUT2D eigenvalue weighted by atomic mass is 16.5. The average molecular weight is 265 g/mol. The number of carbonyl (C=O) groups excluding carboxylic acids is 1. The fourth-order valence-corrected chi connectivity index (χ4v) is 2.11. The SMILES string of the molecule is CCc1cc(C(=O)N2CCOC(CO)C2)cc(N)n1. The number of anilines is 1. The molecule has 1 aliphatic heterocycles. The summed E-state index contributed by atoms with van der Waals surface area (Å²) in [5.74, 6) is 0.264. The summed E-state index contributed by atoms with van der Waals surface area (Å²) >= 11 is 0. The molecule has 1 saturated heterocycles. The predicted molar refractivity (Wildman–Crippen MR) is 70.8 cm³/mol. The minimum atomic E-state index is -0.303. The van der Waals surface area contributed by atoms with E-state index in [1.807, 2.05) is 6.92 Å². The van der Waals surface area contributed by atoms with Crippen LogP contribution in [0.15, 0.2) is 12.1 Å². The van der Waals surface area contributed by atoms with Crippen LogP contribution < -0.4 is 5.73 Å². The lowest BCUT2D eigenvalue weighted by atomic mass is 10.1. The van der Waals surface area contributed by atoms with Gasteiger partial charge in [-0.2, -0.15) is 0 Å². The van der Waals surface area contributed by atoms with Crippen molar-refractivity contribution in [3.63, 3.8) is 0 Å². The van der Waals surface area contributed by atoms with E-state index >= 15 is 0 Å². The number of hydrogen-bond donors (Lipinski definition) is 2. The Bertz CT molecular complexity index is 464. The minimum absolute atomic E-state index is 0.0809. The Labute approximate surface area is 112 Å². The van der Waals surface area contributed by atoms with Crippen LogP contribution in [0.3, 0.4) is 0 Å². The summed E-state index contributed by atoms with van der Waals surface area (Å²) in [7, 11) is 0. The van der Waals surface area contributed by atoms with Crippen LogP contribution in [0.2, 0.25) is 0 Å². The maximum absolute atomic E-state index is 12.4. The Morgan fingerprint density at radius 3 is 3.11 bits per heavy atom. The molecule has 1 unspecified atom stereocenters. The molecule has 3 N–H and O–H groups in total. The molecule has 0 bridgehead atoms. The molecule has 0 radical (unpaired) electrons. The molecule has 1 aromatic rings. The lowest BCUT2D eigenvalue weighted by Gasteiger charge is -2.32. The molecule has 0 aliphatic carbocycles. The summed E-state index contributed by atoms with van der Waals surface area (Å²) in [6.45, 7) is 3.26. The van der Waals surface area contributed by atoms with E-state index in [-0.39, 0.29) is 18.6 Å². The largest absolute Gasteiger partial charge is 0.394 e. The van der Waals surface area contributed by atoms with E-state index in [0.717, 1.165) is 12.1 Å². The van der Waals surface area contributed by atoms with Crippen LogP contribution in [-0.2, 0) is 11.2 Å². The summed E-state index contributed by atoms with van der Waals surface area (Å²) in [6.07, 6.45) is 0.427. The first kappa shape index (κ1) is 13.8. The first-order valence-corrected chi connectivity index (χ1v) is 6.42. The van der Waals surface area contributed by atoms with Crippen molar-refractivity contribution >= 4 is 11.7 Å². The third-order valence-electron chi connectivity index (χ3n) is 3.14. The van der Waals surface area contributed by atoms with E-state index < -0.39 is 0 Å². The molecule has 1 amide bonds. The standard InChI is InChI=1S/C13H19N3O3/c1-2-10-5-9(6-12(14)15-10)13(18)16-3-4-19-11(7-16)8-17/h5-6,11,17H,2-4,7-8H2,1H3,(H2,14,15). The lowest BCUT2D eigenvalue weighted by Crippen LogP contribution is -2.46. The second-order valence-corrected chi connectivity index (χ2v) is 4.55. The van der Waals surface area contributed by atoms with E-state index in [0.29, 0.717) is 31.1 Å². The zero-order chi connectivity index (χ0) is 13.8. The van der Waals surface area contributed by atoms with Crippen LogP contribution in [0.5, 0.6) is 0 Å². The molecule has 6 heteroatoms. The van der Waals surface area contributed by atoms with Crippen molar-refractivity contribution in [2.75, 3.05) is 32.0 Å². The van der Waals surface area contributed by atoms with Gasteiger partial charge >= 0.3 is 0 Å². The Hall–Kier alpha value is -1.66. The topological polar surface area (TPSA) is 88.7 Å². The van der Waals surface area contributed by atoms with Gasteiger partial charge in [-0.1, -0.05) is 6.92 Å². The fraction of sp³-hybridized carbons (Fsp3) is 0.538. The molecule has 1 atom stereocenters. The zero-order valence-electron chi connectivity index (χ0n) is 11.0. The number of hydrogen-bond acceptors (Lipinski definition) is 5. The molecule has 2 rings (SSSR count). The van der Waals surface area contributed by atoms with Crippen molar-refractivity contribution in [3.05, 3.63) is 23.4 Å². The molecule has 1 aromatic heterocycles. The van der Waals surface area contributed by atoms with Gasteiger partial charge in [-0.3, -0.25) is 4.79 Å². The molecule has 19 heavy (non-hydrogen) atoms. The van der Waals surface area contributed by atoms with Gasteiger partial charge in [0.25, 0.3) is 5.91 Å². The van der Waals surface area contributed by atoms with Gasteiger partial charge < -0.3 is 20.5 Å². The number of aliphatic hydroxyl groups is 1. The number of aliphatic hydroxyl groups excluding tert-OH is 1. The van der Waals surface area contributed by atoms with E-state index in [1.54, 1.807) is 17.0 Å². The number of rotatable bonds is 3. The normalized spacial score (nSPS) is 19.5. The van der Waals surface area contributed by atoms with Gasteiger partial charge in [0.15, 0.2) is 0 Å². The number of pyridine rings is 1. The second-order valence-electron chi connectivity index (χ2n) is 4.55. The zero-order valence-corrected chi connectivity index (χ0v) is 11.0. The number of morpholine rings is 1. The van der Waals surface area contributed by atoms with E-state index in [2.05, 4.69) is 4.98 Å². The molecule has 0 saturated carbocycles. The van der Waals surface area contributed by atoms with Crippen molar-refractivity contribution < 1.29 is 14.6 Å². The number of nitrogens with zero attached hydrogens (tertiary/aromatic N) is 2. The smallest absolute Gasteiger partial charge is 0.254 e. The first-order chi connectivity index (χ1) is 9.13. The van der Waals surface area contributed by atoms with E-state index in [9.17, 15) is 4.79 Å². The van der Waals surface area contributed by atoms with Gasteiger partial charge in [0.2, 0.25) is 0 Å². The van der Waals surface area contributed by atoms with Gasteiger partial charge in [-0.25, -0.2) is 4.98 Å². The van der Waals surface area contributed by atoms with Gasteiger partial charge in [-0.15, -0.1) is 0 Å². The summed E-state index contributed by atoms with van der Waals surface area (Å²) in [5, 5.41) is 9.09. The van der Waals surface area contributed by atoms with Crippen molar-refractivity contribution in [2.24, 2.45) is 0 Å². The van der Waals surface area contributed by atoms with Gasteiger partial charge in [0, 0.05) is 24.3 Å². The van der Waals surface area contributed by atoms with Crippen LogP contribution in [0.4, 0.5) is 5.82 Å². The predicted octanol–water partition coefficient (Wildman–Crippen LogP) is 0.0595. The van der Waals surface area contributed by atoms with Crippen LogP contribution in [-0.4, -0.2) is 53.3 Å². The van der Waals surface area contributed by atoms with Crippen molar-refractivity contribution in [1.29, 1.82) is 0 Å². The van der Waals surface area contributed by atoms with E-state index in [4.69, 9.17) is 15.6 Å². The second kappa shape index (κ2) is 5.99. The number of nitrogens with two attached hydrogens (primary N) is 1. The number of ether oxygens (including phenoxy) is 1. The monoisotopic (exact) mass is 265 g/mol. The average Bonchev–Trinajstić information content (AvgIpc) is 2.45. The molecule has 1 fully saturated rings. The Morgan fingerprint density at radius 2 is 2.42 bits per heavy atom. The number of aryl methyl sites for hydroxylation is 1. The first-order valence-electron chi connectivity index (χ1n) is 6.42. The Morgan fingerprint density at radius 1 is 1.63 bits per heavy atom. The molecule has 0 aromatic carbocycles. The van der Waals surface area contributed by atoms with Crippen molar-refractivity contribution in [2.45, 2.75) is 19.4 Å². The third kappa shape index (κ3) is 3.21. The van der Waals surface area contributed by atoms with Crippen molar-refractivity contribution in [3.8, 4) is 0 Å². The molecule has 104 valence electrons. The Kier molecular flexibility index (Phi) is 4.34. The third-order valence-corrected chi connectivity index (χ3v) is 3.14. The number of amides is 1. The quantitative estimate of drug-likeness (QED) is 0.806. The van der Waals surface area contributed by atoms with Gasteiger partial charge in [0.05, 0.1) is 19.3 Å². The molecular formula is C13H19N3O3. The highest BCUT2D eigenvalue weighted by Gasteiger charge is 2.24. The molecule has 1 aliphatic rings. The van der Waals surface area contributed by atoms with Gasteiger partial charge in [-0.05, 0) is 18.6 Å². The van der Waals surface area contributed by atoms with Crippen LogP contribution in [0.1, 0.15) is 23.0 Å². The number of nitrogen functional groups attached to an aromatic ring is 1. The summed E-state index contributed by atoms with van der Waals surface area (Å²) < 4.78 is 5.33. The molecule has 2 heterocycles. The summed E-state index contributed by atoms with van der Waals surface area (Å²) in [4.78, 5) is 18.2. The Balaban J connectivity index is 2.16. The minimum Gasteiger partial charge on any atom is -0.394 e. The van der Waals surface area contributed by atoms with E-state index in [1.165, 1.54) is 0 Å². The molecule has 0 spiro atoms. The number of carbonyl (C=O) groups is 1. The fourth-order valence-electron chi connectivity index (χ4n) is 2.11.